The summed E-state index contributed by atoms with van der Waals surface area (Å²) in [4.78, 5) is 0. The second-order valence-corrected chi connectivity index (χ2v) is 6.52. The van der Waals surface area contributed by atoms with Crippen molar-refractivity contribution in [2.75, 3.05) is 0 Å². The minimum absolute atomic E-state index is 0.446. The van der Waals surface area contributed by atoms with Gasteiger partial charge in [-0.2, -0.15) is 5.10 Å². The number of aryl methyl sites for hydroxylation is 1. The first kappa shape index (κ1) is 18.2. The fraction of sp³-hybridized carbons (Fsp3) is 0.100. The molecule has 132 valence electrons. The third-order valence-electron chi connectivity index (χ3n) is 3.74. The molecule has 0 saturated heterocycles. The predicted molar refractivity (Wildman–Crippen MR) is 111 cm³/mol. The average molecular weight is 384 g/mol. The number of halogens is 1. The SMILES string of the molecule is Cc1ccc(-c2ccc(/C=N\NC(=S)NCc3ccccc3)o2)cc1Cl. The average Bonchev–Trinajstić information content (AvgIpc) is 3.12. The van der Waals surface area contributed by atoms with Gasteiger partial charge in [-0.1, -0.05) is 54.1 Å². The van der Waals surface area contributed by atoms with Gasteiger partial charge >= 0.3 is 0 Å². The lowest BCUT2D eigenvalue weighted by molar-refractivity contribution is 0.574. The lowest BCUT2D eigenvalue weighted by Crippen LogP contribution is -2.31. The van der Waals surface area contributed by atoms with Gasteiger partial charge in [-0.05, 0) is 48.5 Å². The Hall–Kier alpha value is -2.63. The molecule has 0 fully saturated rings. The van der Waals surface area contributed by atoms with E-state index in [0.29, 0.717) is 22.4 Å². The zero-order chi connectivity index (χ0) is 18.4. The Bertz CT molecular complexity index is 922. The quantitative estimate of drug-likeness (QED) is 0.373. The minimum atomic E-state index is 0.446. The largest absolute Gasteiger partial charge is 0.455 e. The highest BCUT2D eigenvalue weighted by molar-refractivity contribution is 7.80. The third kappa shape index (κ3) is 4.94. The maximum atomic E-state index is 6.16. The second-order valence-electron chi connectivity index (χ2n) is 5.70. The first-order valence-corrected chi connectivity index (χ1v) is 8.87. The summed E-state index contributed by atoms with van der Waals surface area (Å²) in [7, 11) is 0. The van der Waals surface area contributed by atoms with Crippen molar-refractivity contribution in [1.82, 2.24) is 10.7 Å². The van der Waals surface area contributed by atoms with Crippen molar-refractivity contribution in [1.29, 1.82) is 0 Å². The van der Waals surface area contributed by atoms with E-state index >= 15 is 0 Å². The van der Waals surface area contributed by atoms with E-state index in [1.165, 1.54) is 0 Å². The van der Waals surface area contributed by atoms with Gasteiger partial charge in [-0.15, -0.1) is 0 Å². The molecular formula is C20H18ClN3OS. The molecule has 0 bridgehead atoms. The van der Waals surface area contributed by atoms with Crippen molar-refractivity contribution in [3.8, 4) is 11.3 Å². The monoisotopic (exact) mass is 383 g/mol. The summed E-state index contributed by atoms with van der Waals surface area (Å²) in [5.74, 6) is 1.35. The van der Waals surface area contributed by atoms with E-state index in [0.717, 1.165) is 22.5 Å². The van der Waals surface area contributed by atoms with Crippen LogP contribution in [0, 0.1) is 6.92 Å². The molecule has 3 rings (SSSR count). The van der Waals surface area contributed by atoms with Crippen molar-refractivity contribution in [2.24, 2.45) is 5.10 Å². The van der Waals surface area contributed by atoms with Crippen LogP contribution in [0.5, 0.6) is 0 Å². The Kier molecular flexibility index (Phi) is 6.04. The molecule has 1 heterocycles. The summed E-state index contributed by atoms with van der Waals surface area (Å²) in [5.41, 5.74) is 5.88. The van der Waals surface area contributed by atoms with Gasteiger partial charge in [0, 0.05) is 17.1 Å². The van der Waals surface area contributed by atoms with Crippen molar-refractivity contribution < 1.29 is 4.42 Å². The number of thiocarbonyl (C=S) groups is 1. The molecule has 0 aliphatic carbocycles. The second kappa shape index (κ2) is 8.65. The zero-order valence-corrected chi connectivity index (χ0v) is 15.8. The van der Waals surface area contributed by atoms with Crippen molar-refractivity contribution in [2.45, 2.75) is 13.5 Å². The van der Waals surface area contributed by atoms with Crippen LogP contribution in [-0.4, -0.2) is 11.3 Å². The molecule has 1 aromatic heterocycles. The van der Waals surface area contributed by atoms with Gasteiger partial charge in [-0.25, -0.2) is 0 Å². The fourth-order valence-corrected chi connectivity index (χ4v) is 2.60. The molecule has 4 nitrogen and oxygen atoms in total. The van der Waals surface area contributed by atoms with Crippen LogP contribution in [0.4, 0.5) is 0 Å². The summed E-state index contributed by atoms with van der Waals surface area (Å²) in [6.07, 6.45) is 1.58. The number of rotatable bonds is 5. The van der Waals surface area contributed by atoms with Crippen LogP contribution in [-0.2, 0) is 6.54 Å². The predicted octanol–water partition coefficient (Wildman–Crippen LogP) is 4.91. The van der Waals surface area contributed by atoms with Gasteiger partial charge in [-0.3, -0.25) is 5.43 Å². The number of hydrazone groups is 1. The fourth-order valence-electron chi connectivity index (χ4n) is 2.30. The molecule has 2 N–H and O–H groups in total. The maximum Gasteiger partial charge on any atom is 0.187 e. The molecule has 2 aromatic carbocycles. The Labute approximate surface area is 162 Å². The lowest BCUT2D eigenvalue weighted by Gasteiger charge is -2.06. The number of furan rings is 1. The van der Waals surface area contributed by atoms with Crippen LogP contribution in [0.2, 0.25) is 5.02 Å². The zero-order valence-electron chi connectivity index (χ0n) is 14.2. The summed E-state index contributed by atoms with van der Waals surface area (Å²) in [5, 5.41) is 8.34. The summed E-state index contributed by atoms with van der Waals surface area (Å²) in [6.45, 7) is 2.61. The normalized spacial score (nSPS) is 10.8. The Morgan fingerprint density at radius 2 is 1.96 bits per heavy atom. The topological polar surface area (TPSA) is 49.6 Å². The smallest absolute Gasteiger partial charge is 0.187 e. The van der Waals surface area contributed by atoms with Gasteiger partial charge < -0.3 is 9.73 Å². The number of hydrogen-bond acceptors (Lipinski definition) is 3. The van der Waals surface area contributed by atoms with E-state index in [-0.39, 0.29) is 0 Å². The van der Waals surface area contributed by atoms with Crippen molar-refractivity contribution in [3.63, 3.8) is 0 Å². The third-order valence-corrected chi connectivity index (χ3v) is 4.38. The number of benzene rings is 2. The molecule has 0 atom stereocenters. The van der Waals surface area contributed by atoms with Gasteiger partial charge in [0.15, 0.2) is 5.11 Å². The van der Waals surface area contributed by atoms with E-state index in [1.807, 2.05) is 67.6 Å². The van der Waals surface area contributed by atoms with Crippen LogP contribution in [0.3, 0.4) is 0 Å². The van der Waals surface area contributed by atoms with Gasteiger partial charge in [0.05, 0.1) is 6.21 Å². The first-order chi connectivity index (χ1) is 12.6. The van der Waals surface area contributed by atoms with E-state index in [1.54, 1.807) is 6.21 Å². The standard InChI is InChI=1S/C20H18ClN3OS/c1-14-7-8-16(11-18(14)21)19-10-9-17(25-19)13-23-24-20(26)22-12-15-5-3-2-4-6-15/h2-11,13H,12H2,1H3,(H2,22,24,26)/b23-13-. The molecule has 6 heteroatoms. The molecule has 3 aromatic rings. The van der Waals surface area contributed by atoms with Crippen LogP contribution >= 0.6 is 23.8 Å². The van der Waals surface area contributed by atoms with E-state index in [4.69, 9.17) is 28.2 Å². The maximum absolute atomic E-state index is 6.16. The van der Waals surface area contributed by atoms with Crippen LogP contribution in [0.1, 0.15) is 16.9 Å². The van der Waals surface area contributed by atoms with Crippen LogP contribution in [0.25, 0.3) is 11.3 Å². The molecule has 0 saturated carbocycles. The van der Waals surface area contributed by atoms with E-state index in [9.17, 15) is 0 Å². The van der Waals surface area contributed by atoms with Crippen LogP contribution in [0.15, 0.2) is 70.2 Å². The summed E-state index contributed by atoms with van der Waals surface area (Å²) >= 11 is 11.4. The highest BCUT2D eigenvalue weighted by atomic mass is 35.5. The van der Waals surface area contributed by atoms with E-state index in [2.05, 4.69) is 15.8 Å². The summed E-state index contributed by atoms with van der Waals surface area (Å²) < 4.78 is 5.76. The molecule has 0 radical (unpaired) electrons. The molecule has 0 aliphatic heterocycles. The molecule has 0 aliphatic rings. The molecule has 0 unspecified atom stereocenters. The molecule has 0 spiro atoms. The highest BCUT2D eigenvalue weighted by Crippen LogP contribution is 2.26. The minimum Gasteiger partial charge on any atom is -0.455 e. The number of nitrogens with zero attached hydrogens (tertiary/aromatic N) is 1. The number of hydrogen-bond donors (Lipinski definition) is 2. The highest BCUT2D eigenvalue weighted by Gasteiger charge is 2.05. The van der Waals surface area contributed by atoms with Gasteiger partial charge in [0.25, 0.3) is 0 Å². The molecule has 0 amide bonds. The number of nitrogens with one attached hydrogen (secondary N) is 2. The van der Waals surface area contributed by atoms with Crippen molar-refractivity contribution >= 4 is 35.1 Å². The molecular weight excluding hydrogens is 366 g/mol. The molecule has 26 heavy (non-hydrogen) atoms. The summed E-state index contributed by atoms with van der Waals surface area (Å²) in [6, 6.07) is 19.6. The Morgan fingerprint density at radius 1 is 1.15 bits per heavy atom. The van der Waals surface area contributed by atoms with Crippen LogP contribution < -0.4 is 10.7 Å². The lowest BCUT2D eigenvalue weighted by atomic mass is 10.1. The Morgan fingerprint density at radius 3 is 2.73 bits per heavy atom. The Balaban J connectivity index is 1.53. The van der Waals surface area contributed by atoms with Gasteiger partial charge in [0.2, 0.25) is 0 Å². The van der Waals surface area contributed by atoms with Crippen molar-refractivity contribution in [3.05, 3.63) is 82.6 Å². The first-order valence-electron chi connectivity index (χ1n) is 8.09. The van der Waals surface area contributed by atoms with E-state index < -0.39 is 0 Å². The van der Waals surface area contributed by atoms with Gasteiger partial charge in [0.1, 0.15) is 11.5 Å².